The Kier molecular flexibility index (Phi) is 4.82. The lowest BCUT2D eigenvalue weighted by Gasteiger charge is -2.21. The second-order valence-corrected chi connectivity index (χ2v) is 6.57. The van der Waals surface area contributed by atoms with Gasteiger partial charge in [-0.3, -0.25) is 0 Å². The number of benzene rings is 1. The van der Waals surface area contributed by atoms with Crippen LogP contribution in [0, 0.1) is 5.92 Å². The zero-order chi connectivity index (χ0) is 13.6. The molecule has 0 aliphatic heterocycles. The van der Waals surface area contributed by atoms with Crippen molar-refractivity contribution >= 4 is 11.3 Å². The van der Waals surface area contributed by atoms with E-state index in [1.165, 1.54) is 42.7 Å². The van der Waals surface area contributed by atoms with Crippen LogP contribution in [-0.4, -0.2) is 11.5 Å². The first-order valence-corrected chi connectivity index (χ1v) is 8.50. The molecule has 1 heterocycles. The molecule has 0 saturated heterocycles. The van der Waals surface area contributed by atoms with E-state index in [2.05, 4.69) is 35.0 Å². The van der Waals surface area contributed by atoms with Gasteiger partial charge in [0.1, 0.15) is 5.01 Å². The summed E-state index contributed by atoms with van der Waals surface area (Å²) in [6, 6.07) is 10.4. The lowest BCUT2D eigenvalue weighted by Crippen LogP contribution is -2.24. The SMILES string of the molecule is c1ccc(-c2csc(CNCC3CCCCC3)n2)cc1. The fourth-order valence-electron chi connectivity index (χ4n) is 2.91. The summed E-state index contributed by atoms with van der Waals surface area (Å²) in [7, 11) is 0. The molecule has 0 atom stereocenters. The Hall–Kier alpha value is -1.19. The summed E-state index contributed by atoms with van der Waals surface area (Å²) in [6.07, 6.45) is 7.08. The van der Waals surface area contributed by atoms with Crippen LogP contribution < -0.4 is 5.32 Å². The quantitative estimate of drug-likeness (QED) is 0.876. The van der Waals surface area contributed by atoms with Gasteiger partial charge < -0.3 is 5.32 Å². The van der Waals surface area contributed by atoms with Crippen molar-refractivity contribution < 1.29 is 0 Å². The van der Waals surface area contributed by atoms with E-state index in [-0.39, 0.29) is 0 Å². The Bertz CT molecular complexity index is 515. The van der Waals surface area contributed by atoms with Crippen LogP contribution in [0.25, 0.3) is 11.3 Å². The molecule has 3 rings (SSSR count). The van der Waals surface area contributed by atoms with Crippen molar-refractivity contribution in [1.82, 2.24) is 10.3 Å². The molecule has 0 spiro atoms. The maximum Gasteiger partial charge on any atom is 0.107 e. The summed E-state index contributed by atoms with van der Waals surface area (Å²) in [5.41, 5.74) is 2.31. The zero-order valence-corrected chi connectivity index (χ0v) is 12.7. The third kappa shape index (κ3) is 3.68. The van der Waals surface area contributed by atoms with Gasteiger partial charge >= 0.3 is 0 Å². The van der Waals surface area contributed by atoms with E-state index in [4.69, 9.17) is 4.98 Å². The number of thiazole rings is 1. The second-order valence-electron chi connectivity index (χ2n) is 5.63. The van der Waals surface area contributed by atoms with E-state index in [1.54, 1.807) is 11.3 Å². The predicted molar refractivity (Wildman–Crippen MR) is 85.8 cm³/mol. The van der Waals surface area contributed by atoms with Crippen LogP contribution in [0.3, 0.4) is 0 Å². The van der Waals surface area contributed by atoms with E-state index < -0.39 is 0 Å². The lowest BCUT2D eigenvalue weighted by atomic mass is 9.89. The molecule has 1 aliphatic rings. The molecule has 106 valence electrons. The number of nitrogens with one attached hydrogen (secondary N) is 1. The van der Waals surface area contributed by atoms with Crippen molar-refractivity contribution in [3.8, 4) is 11.3 Å². The van der Waals surface area contributed by atoms with Crippen molar-refractivity contribution in [3.05, 3.63) is 40.7 Å². The largest absolute Gasteiger partial charge is 0.310 e. The van der Waals surface area contributed by atoms with E-state index >= 15 is 0 Å². The molecule has 1 fully saturated rings. The molecule has 0 bridgehead atoms. The van der Waals surface area contributed by atoms with E-state index in [0.29, 0.717) is 0 Å². The number of rotatable bonds is 5. The first-order valence-electron chi connectivity index (χ1n) is 7.62. The van der Waals surface area contributed by atoms with Gasteiger partial charge in [0.2, 0.25) is 0 Å². The minimum Gasteiger partial charge on any atom is -0.310 e. The average Bonchev–Trinajstić information content (AvgIpc) is 2.98. The van der Waals surface area contributed by atoms with Crippen molar-refractivity contribution in [1.29, 1.82) is 0 Å². The molecule has 1 saturated carbocycles. The number of aromatic nitrogens is 1. The van der Waals surface area contributed by atoms with Crippen molar-refractivity contribution in [2.24, 2.45) is 5.92 Å². The minimum atomic E-state index is 0.886. The molecule has 2 nitrogen and oxygen atoms in total. The van der Waals surface area contributed by atoms with Crippen molar-refractivity contribution in [3.63, 3.8) is 0 Å². The summed E-state index contributed by atoms with van der Waals surface area (Å²) in [5, 5.41) is 6.94. The molecular formula is C17H22N2S. The van der Waals surface area contributed by atoms with Crippen molar-refractivity contribution in [2.45, 2.75) is 38.6 Å². The number of hydrogen-bond acceptors (Lipinski definition) is 3. The van der Waals surface area contributed by atoms with E-state index in [1.807, 2.05) is 6.07 Å². The number of nitrogens with zero attached hydrogens (tertiary/aromatic N) is 1. The van der Waals surface area contributed by atoms with Gasteiger partial charge in [-0.05, 0) is 25.3 Å². The zero-order valence-electron chi connectivity index (χ0n) is 11.8. The first-order chi connectivity index (χ1) is 9.92. The van der Waals surface area contributed by atoms with Gasteiger partial charge in [0.15, 0.2) is 0 Å². The average molecular weight is 286 g/mol. The van der Waals surface area contributed by atoms with Crippen LogP contribution in [0.5, 0.6) is 0 Å². The monoisotopic (exact) mass is 286 g/mol. The summed E-state index contributed by atoms with van der Waals surface area (Å²) in [4.78, 5) is 4.72. The highest BCUT2D eigenvalue weighted by atomic mass is 32.1. The maximum absolute atomic E-state index is 4.72. The smallest absolute Gasteiger partial charge is 0.107 e. The second kappa shape index (κ2) is 7.00. The Morgan fingerprint density at radius 2 is 1.90 bits per heavy atom. The summed E-state index contributed by atoms with van der Waals surface area (Å²) >= 11 is 1.76. The van der Waals surface area contributed by atoms with Gasteiger partial charge in [-0.1, -0.05) is 49.6 Å². The maximum atomic E-state index is 4.72. The summed E-state index contributed by atoms with van der Waals surface area (Å²) < 4.78 is 0. The topological polar surface area (TPSA) is 24.9 Å². The molecule has 0 unspecified atom stereocenters. The summed E-state index contributed by atoms with van der Waals surface area (Å²) in [6.45, 7) is 2.06. The Morgan fingerprint density at radius 1 is 1.10 bits per heavy atom. The van der Waals surface area contributed by atoms with Crippen LogP contribution in [-0.2, 0) is 6.54 Å². The molecule has 2 aromatic rings. The predicted octanol–water partition coefficient (Wildman–Crippen LogP) is 4.48. The Balaban J connectivity index is 1.50. The third-order valence-electron chi connectivity index (χ3n) is 4.06. The van der Waals surface area contributed by atoms with Crippen LogP contribution in [0.1, 0.15) is 37.1 Å². The normalized spacial score (nSPS) is 16.4. The molecule has 1 aliphatic carbocycles. The van der Waals surface area contributed by atoms with Crippen LogP contribution in [0.2, 0.25) is 0 Å². The molecule has 0 amide bonds. The van der Waals surface area contributed by atoms with E-state index in [0.717, 1.165) is 24.7 Å². The standard InChI is InChI=1S/C17H22N2S/c1-3-7-14(8-4-1)11-18-12-17-19-16(13-20-17)15-9-5-2-6-10-15/h2,5-6,9-10,13-14,18H,1,3-4,7-8,11-12H2. The molecule has 1 aromatic heterocycles. The molecule has 1 aromatic carbocycles. The highest BCUT2D eigenvalue weighted by Gasteiger charge is 2.13. The van der Waals surface area contributed by atoms with Crippen LogP contribution in [0.4, 0.5) is 0 Å². The molecule has 1 N–H and O–H groups in total. The van der Waals surface area contributed by atoms with Gasteiger partial charge in [-0.2, -0.15) is 0 Å². The molecule has 20 heavy (non-hydrogen) atoms. The third-order valence-corrected chi connectivity index (χ3v) is 4.90. The van der Waals surface area contributed by atoms with Gasteiger partial charge in [-0.15, -0.1) is 11.3 Å². The Morgan fingerprint density at radius 3 is 2.70 bits per heavy atom. The van der Waals surface area contributed by atoms with Crippen LogP contribution >= 0.6 is 11.3 Å². The van der Waals surface area contributed by atoms with Gasteiger partial charge in [0.25, 0.3) is 0 Å². The molecular weight excluding hydrogens is 264 g/mol. The highest BCUT2D eigenvalue weighted by molar-refractivity contribution is 7.09. The lowest BCUT2D eigenvalue weighted by molar-refractivity contribution is 0.342. The fourth-order valence-corrected chi connectivity index (χ4v) is 3.68. The number of hydrogen-bond donors (Lipinski definition) is 1. The summed E-state index contributed by atoms with van der Waals surface area (Å²) in [5.74, 6) is 0.886. The van der Waals surface area contributed by atoms with Crippen molar-refractivity contribution in [2.75, 3.05) is 6.54 Å². The van der Waals surface area contributed by atoms with Gasteiger partial charge in [0.05, 0.1) is 5.69 Å². The fraction of sp³-hybridized carbons (Fsp3) is 0.471. The van der Waals surface area contributed by atoms with Gasteiger partial charge in [0, 0.05) is 17.5 Å². The van der Waals surface area contributed by atoms with Crippen LogP contribution in [0.15, 0.2) is 35.7 Å². The minimum absolute atomic E-state index is 0.886. The highest BCUT2D eigenvalue weighted by Crippen LogP contribution is 2.24. The first kappa shape index (κ1) is 13.8. The Labute approximate surface area is 125 Å². The molecule has 3 heteroatoms. The molecule has 0 radical (unpaired) electrons. The van der Waals surface area contributed by atoms with Gasteiger partial charge in [-0.25, -0.2) is 4.98 Å². The van der Waals surface area contributed by atoms with E-state index in [9.17, 15) is 0 Å².